The normalized spacial score (nSPS) is 10.6. The Balaban J connectivity index is 1.11. The number of nitrogens with zero attached hydrogens (tertiary/aromatic N) is 4. The molecule has 232 valence electrons. The Morgan fingerprint density at radius 1 is 0.660 bits per heavy atom. The molecule has 0 aliphatic carbocycles. The van der Waals surface area contributed by atoms with Gasteiger partial charge in [-0.3, -0.25) is 14.6 Å². The molecule has 6 rings (SSSR count). The van der Waals surface area contributed by atoms with Crippen molar-refractivity contribution in [3.05, 3.63) is 144 Å². The van der Waals surface area contributed by atoms with E-state index in [2.05, 4.69) is 25.9 Å². The Hall–Kier alpha value is -6.35. The minimum atomic E-state index is -0.366. The number of hydrogen-bond donors (Lipinski definition) is 3. The highest BCUT2D eigenvalue weighted by Crippen LogP contribution is 2.26. The molecule has 2 heterocycles. The second-order valence-electron chi connectivity index (χ2n) is 11.2. The molecule has 3 N–H and O–H groups in total. The molecule has 0 bridgehead atoms. The van der Waals surface area contributed by atoms with Crippen molar-refractivity contribution in [3.63, 3.8) is 0 Å². The monoisotopic (exact) mass is 619 g/mol. The van der Waals surface area contributed by atoms with Crippen LogP contribution in [0.1, 0.15) is 26.3 Å². The Morgan fingerprint density at radius 3 is 2.09 bits per heavy atom. The van der Waals surface area contributed by atoms with E-state index >= 15 is 0 Å². The smallest absolute Gasteiger partial charge is 0.257 e. The van der Waals surface area contributed by atoms with Crippen molar-refractivity contribution in [2.75, 3.05) is 34.9 Å². The van der Waals surface area contributed by atoms with Gasteiger partial charge in [-0.05, 0) is 72.1 Å². The van der Waals surface area contributed by atoms with Crippen LogP contribution in [0.5, 0.6) is 0 Å². The molecule has 4 aromatic carbocycles. The van der Waals surface area contributed by atoms with Crippen LogP contribution in [-0.4, -0.2) is 40.9 Å². The molecule has 6 aromatic rings. The molecule has 0 saturated carbocycles. The molecule has 0 aliphatic heterocycles. The zero-order valence-corrected chi connectivity index (χ0v) is 26.2. The van der Waals surface area contributed by atoms with E-state index in [-0.39, 0.29) is 11.8 Å². The molecule has 0 fully saturated rings. The first-order chi connectivity index (χ1) is 22.8. The molecule has 0 aliphatic rings. The van der Waals surface area contributed by atoms with Gasteiger partial charge in [-0.1, -0.05) is 60.7 Å². The third-order valence-electron chi connectivity index (χ3n) is 7.59. The van der Waals surface area contributed by atoms with Crippen molar-refractivity contribution < 1.29 is 9.59 Å². The summed E-state index contributed by atoms with van der Waals surface area (Å²) in [4.78, 5) is 41.5. The molecule has 0 atom stereocenters. The Bertz CT molecular complexity index is 2030. The fourth-order valence-electron chi connectivity index (χ4n) is 4.95. The van der Waals surface area contributed by atoms with Crippen LogP contribution >= 0.6 is 0 Å². The van der Waals surface area contributed by atoms with Gasteiger partial charge in [0.2, 0.25) is 5.95 Å². The summed E-state index contributed by atoms with van der Waals surface area (Å²) in [5.74, 6) is -0.224. The van der Waals surface area contributed by atoms with Gasteiger partial charge in [-0.2, -0.15) is 0 Å². The number of carbonyl (C=O) groups excluding carboxylic acids is 2. The minimum Gasteiger partial charge on any atom is -0.378 e. The summed E-state index contributed by atoms with van der Waals surface area (Å²) in [5, 5.41) is 9.04. The van der Waals surface area contributed by atoms with E-state index in [9.17, 15) is 9.59 Å². The van der Waals surface area contributed by atoms with Gasteiger partial charge in [0.05, 0.1) is 23.1 Å². The molecular weight excluding hydrogens is 586 g/mol. The largest absolute Gasteiger partial charge is 0.378 e. The first-order valence-corrected chi connectivity index (χ1v) is 15.0. The molecule has 47 heavy (non-hydrogen) atoms. The van der Waals surface area contributed by atoms with E-state index in [0.29, 0.717) is 28.5 Å². The third-order valence-corrected chi connectivity index (χ3v) is 7.59. The predicted octanol–water partition coefficient (Wildman–Crippen LogP) is 7.83. The van der Waals surface area contributed by atoms with Gasteiger partial charge in [0.15, 0.2) is 0 Å². The van der Waals surface area contributed by atoms with Gasteiger partial charge in [0, 0.05) is 54.7 Å². The second kappa shape index (κ2) is 13.7. The number of aryl methyl sites for hydroxylation is 1. The molecule has 9 nitrogen and oxygen atoms in total. The van der Waals surface area contributed by atoms with E-state index in [0.717, 1.165) is 39.3 Å². The Morgan fingerprint density at radius 2 is 1.34 bits per heavy atom. The number of nitrogens with one attached hydrogen (secondary N) is 3. The maximum atomic E-state index is 13.2. The molecular formula is C38H33N7O2. The Kier molecular flexibility index (Phi) is 8.97. The molecule has 9 heteroatoms. The topological polar surface area (TPSA) is 112 Å². The van der Waals surface area contributed by atoms with E-state index in [1.54, 1.807) is 24.4 Å². The van der Waals surface area contributed by atoms with Crippen LogP contribution < -0.4 is 20.9 Å². The number of anilines is 5. The van der Waals surface area contributed by atoms with Gasteiger partial charge in [0.1, 0.15) is 0 Å². The van der Waals surface area contributed by atoms with E-state index in [1.807, 2.05) is 117 Å². The highest BCUT2D eigenvalue weighted by Gasteiger charge is 2.13. The average Bonchev–Trinajstić information content (AvgIpc) is 3.10. The SMILES string of the molecule is Cc1ccc(NC(=O)c2cncc(NC(=O)c3ccc(-c4ccccc4)cc3)c2)cc1Nc1nccc(-c2ccc(N(C)C)cc2)n1. The molecule has 0 radical (unpaired) electrons. The van der Waals surface area contributed by atoms with Crippen LogP contribution in [0.2, 0.25) is 0 Å². The van der Waals surface area contributed by atoms with Gasteiger partial charge >= 0.3 is 0 Å². The van der Waals surface area contributed by atoms with Crippen molar-refractivity contribution in [1.82, 2.24) is 15.0 Å². The summed E-state index contributed by atoms with van der Waals surface area (Å²) in [7, 11) is 4.00. The summed E-state index contributed by atoms with van der Waals surface area (Å²) in [5.41, 5.74) is 8.45. The number of aromatic nitrogens is 3. The highest BCUT2D eigenvalue weighted by atomic mass is 16.2. The number of amides is 2. The number of carbonyl (C=O) groups is 2. The van der Waals surface area contributed by atoms with E-state index < -0.39 is 0 Å². The van der Waals surface area contributed by atoms with Crippen LogP contribution in [0.4, 0.5) is 28.7 Å². The summed E-state index contributed by atoms with van der Waals surface area (Å²) in [6, 6.07) is 34.5. The zero-order valence-electron chi connectivity index (χ0n) is 26.2. The zero-order chi connectivity index (χ0) is 32.8. The van der Waals surface area contributed by atoms with Crippen molar-refractivity contribution in [2.45, 2.75) is 6.92 Å². The molecule has 0 unspecified atom stereocenters. The summed E-state index contributed by atoms with van der Waals surface area (Å²) >= 11 is 0. The van der Waals surface area contributed by atoms with Crippen molar-refractivity contribution in [1.29, 1.82) is 0 Å². The van der Waals surface area contributed by atoms with Crippen molar-refractivity contribution >= 4 is 40.5 Å². The van der Waals surface area contributed by atoms with E-state index in [4.69, 9.17) is 4.98 Å². The van der Waals surface area contributed by atoms with Gasteiger partial charge in [-0.25, -0.2) is 9.97 Å². The van der Waals surface area contributed by atoms with Crippen molar-refractivity contribution in [2.24, 2.45) is 0 Å². The number of hydrogen-bond acceptors (Lipinski definition) is 7. The third kappa shape index (κ3) is 7.49. The van der Waals surface area contributed by atoms with Crippen LogP contribution in [0.25, 0.3) is 22.4 Å². The lowest BCUT2D eigenvalue weighted by molar-refractivity contribution is 0.101. The lowest BCUT2D eigenvalue weighted by Crippen LogP contribution is -2.15. The fourth-order valence-corrected chi connectivity index (χ4v) is 4.95. The maximum absolute atomic E-state index is 13.2. The summed E-state index contributed by atoms with van der Waals surface area (Å²) in [6.07, 6.45) is 4.67. The first-order valence-electron chi connectivity index (χ1n) is 15.0. The first kappa shape index (κ1) is 30.7. The van der Waals surface area contributed by atoms with Crippen molar-refractivity contribution in [3.8, 4) is 22.4 Å². The standard InChI is InChI=1S/C38H33N7O2/c1-25-9-16-31(22-35(25)44-38-40-20-19-34(43-38)28-14-17-33(18-15-28)45(2)3)41-37(47)30-21-32(24-39-23-30)42-36(46)29-12-10-27(11-13-29)26-7-5-4-6-8-26/h4-24H,1-3H3,(H,41,47)(H,42,46)(H,40,43,44). The predicted molar refractivity (Wildman–Crippen MR) is 188 cm³/mol. The fraction of sp³-hybridized carbons (Fsp3) is 0.0789. The molecule has 2 amide bonds. The minimum absolute atomic E-state index is 0.296. The lowest BCUT2D eigenvalue weighted by Gasteiger charge is -2.14. The quantitative estimate of drug-likeness (QED) is 0.151. The van der Waals surface area contributed by atoms with Crippen LogP contribution in [0.15, 0.2) is 128 Å². The van der Waals surface area contributed by atoms with Crippen LogP contribution in [-0.2, 0) is 0 Å². The van der Waals surface area contributed by atoms with Gasteiger partial charge in [0.25, 0.3) is 11.8 Å². The second-order valence-corrected chi connectivity index (χ2v) is 11.2. The average molecular weight is 620 g/mol. The molecule has 0 saturated heterocycles. The number of benzene rings is 4. The van der Waals surface area contributed by atoms with Crippen LogP contribution in [0.3, 0.4) is 0 Å². The van der Waals surface area contributed by atoms with E-state index in [1.165, 1.54) is 12.4 Å². The number of pyridine rings is 1. The number of rotatable bonds is 9. The van der Waals surface area contributed by atoms with Gasteiger partial charge < -0.3 is 20.9 Å². The summed E-state index contributed by atoms with van der Waals surface area (Å²) in [6.45, 7) is 1.96. The molecule has 2 aromatic heterocycles. The maximum Gasteiger partial charge on any atom is 0.257 e. The highest BCUT2D eigenvalue weighted by molar-refractivity contribution is 6.07. The van der Waals surface area contributed by atoms with Crippen LogP contribution in [0, 0.1) is 6.92 Å². The lowest BCUT2D eigenvalue weighted by atomic mass is 10.0. The van der Waals surface area contributed by atoms with Gasteiger partial charge in [-0.15, -0.1) is 0 Å². The molecule has 0 spiro atoms. The Labute approximate surface area is 273 Å². The summed E-state index contributed by atoms with van der Waals surface area (Å²) < 4.78 is 0.